The smallest absolute Gasteiger partial charge is 0.336 e. The Labute approximate surface area is 108 Å². The number of aromatic nitrogens is 1. The molecule has 4 nitrogen and oxygen atoms in total. The molecule has 0 bridgehead atoms. The minimum absolute atomic E-state index is 0.0413. The van der Waals surface area contributed by atoms with E-state index in [0.29, 0.717) is 16.1 Å². The molecule has 0 spiro atoms. The van der Waals surface area contributed by atoms with E-state index in [4.69, 9.17) is 16.7 Å². The molecule has 1 aromatic carbocycles. The number of carbonyl (C=O) groups is 1. The summed E-state index contributed by atoms with van der Waals surface area (Å²) in [6.45, 7) is 1.86. The molecule has 18 heavy (non-hydrogen) atoms. The summed E-state index contributed by atoms with van der Waals surface area (Å²) >= 11 is 5.94. The van der Waals surface area contributed by atoms with Crippen LogP contribution in [0.2, 0.25) is 5.02 Å². The molecule has 2 N–H and O–H groups in total. The van der Waals surface area contributed by atoms with E-state index in [1.165, 1.54) is 6.20 Å². The lowest BCUT2D eigenvalue weighted by molar-refractivity contribution is 0.0697. The standard InChI is InChI=1S/C13H10ClNO3/c1-7-2-8(4-9(14)3-7)11-6-15-12(16)5-10(11)13(17)18/h2-6H,1H3,(H,15,16)(H,17,18). The Bertz CT molecular complexity index is 656. The summed E-state index contributed by atoms with van der Waals surface area (Å²) < 4.78 is 0. The van der Waals surface area contributed by atoms with Crippen molar-refractivity contribution < 1.29 is 9.90 Å². The van der Waals surface area contributed by atoms with Crippen molar-refractivity contribution in [1.82, 2.24) is 4.98 Å². The summed E-state index contributed by atoms with van der Waals surface area (Å²) in [7, 11) is 0. The Hall–Kier alpha value is -2.07. The fraction of sp³-hybridized carbons (Fsp3) is 0.0769. The number of benzene rings is 1. The maximum atomic E-state index is 11.2. The van der Waals surface area contributed by atoms with Crippen LogP contribution < -0.4 is 5.56 Å². The molecule has 0 fully saturated rings. The molecule has 0 amide bonds. The van der Waals surface area contributed by atoms with Crippen LogP contribution >= 0.6 is 11.6 Å². The molecule has 0 atom stereocenters. The average Bonchev–Trinajstić information content (AvgIpc) is 2.27. The highest BCUT2D eigenvalue weighted by Gasteiger charge is 2.13. The maximum absolute atomic E-state index is 11.2. The molecule has 0 unspecified atom stereocenters. The lowest BCUT2D eigenvalue weighted by Gasteiger charge is -2.07. The highest BCUT2D eigenvalue weighted by Crippen LogP contribution is 2.26. The van der Waals surface area contributed by atoms with Gasteiger partial charge in [-0.1, -0.05) is 17.7 Å². The molecular weight excluding hydrogens is 254 g/mol. The first-order valence-electron chi connectivity index (χ1n) is 5.21. The summed E-state index contributed by atoms with van der Waals surface area (Å²) in [6.07, 6.45) is 1.39. The highest BCUT2D eigenvalue weighted by molar-refractivity contribution is 6.31. The molecule has 0 aliphatic carbocycles. The second-order valence-corrected chi connectivity index (χ2v) is 4.38. The van der Waals surface area contributed by atoms with Crippen molar-refractivity contribution >= 4 is 17.6 Å². The first-order valence-corrected chi connectivity index (χ1v) is 5.59. The van der Waals surface area contributed by atoms with Gasteiger partial charge in [-0.15, -0.1) is 0 Å². The van der Waals surface area contributed by atoms with Crippen LogP contribution in [0.1, 0.15) is 15.9 Å². The van der Waals surface area contributed by atoms with Crippen LogP contribution in [0.3, 0.4) is 0 Å². The summed E-state index contributed by atoms with van der Waals surface area (Å²) in [5.74, 6) is -1.14. The first-order chi connectivity index (χ1) is 8.47. The summed E-state index contributed by atoms with van der Waals surface area (Å²) in [5, 5.41) is 9.63. The van der Waals surface area contributed by atoms with Gasteiger partial charge in [-0.05, 0) is 30.2 Å². The molecule has 0 saturated carbocycles. The average molecular weight is 264 g/mol. The SMILES string of the molecule is Cc1cc(Cl)cc(-c2c[nH]c(=O)cc2C(=O)O)c1. The third-order valence-corrected chi connectivity index (χ3v) is 2.73. The van der Waals surface area contributed by atoms with Crippen LogP contribution in [-0.2, 0) is 0 Å². The Kier molecular flexibility index (Phi) is 3.21. The van der Waals surface area contributed by atoms with Gasteiger partial charge < -0.3 is 10.1 Å². The van der Waals surface area contributed by atoms with E-state index in [-0.39, 0.29) is 5.56 Å². The molecule has 0 aliphatic heterocycles. The predicted molar refractivity (Wildman–Crippen MR) is 69.2 cm³/mol. The van der Waals surface area contributed by atoms with Crippen LogP contribution in [0.25, 0.3) is 11.1 Å². The molecular formula is C13H10ClNO3. The van der Waals surface area contributed by atoms with Gasteiger partial charge in [0.15, 0.2) is 0 Å². The van der Waals surface area contributed by atoms with Crippen LogP contribution in [0.4, 0.5) is 0 Å². The number of hydrogen-bond acceptors (Lipinski definition) is 2. The molecule has 1 heterocycles. The topological polar surface area (TPSA) is 70.2 Å². The van der Waals surface area contributed by atoms with Crippen molar-refractivity contribution in [3.8, 4) is 11.1 Å². The molecule has 0 aliphatic rings. The molecule has 1 aromatic heterocycles. The zero-order valence-corrected chi connectivity index (χ0v) is 10.3. The van der Waals surface area contributed by atoms with Gasteiger partial charge in [-0.2, -0.15) is 0 Å². The fourth-order valence-electron chi connectivity index (χ4n) is 1.78. The van der Waals surface area contributed by atoms with Gasteiger partial charge in [-0.3, -0.25) is 4.79 Å². The van der Waals surface area contributed by atoms with E-state index >= 15 is 0 Å². The molecule has 0 radical (unpaired) electrons. The number of carboxylic acids is 1. The molecule has 2 rings (SSSR count). The van der Waals surface area contributed by atoms with Gasteiger partial charge in [0, 0.05) is 22.8 Å². The number of aromatic amines is 1. The Balaban J connectivity index is 2.70. The number of halogens is 1. The normalized spacial score (nSPS) is 10.3. The van der Waals surface area contributed by atoms with Crippen LogP contribution in [0, 0.1) is 6.92 Å². The molecule has 2 aromatic rings. The number of aryl methyl sites for hydroxylation is 1. The number of nitrogens with one attached hydrogen (secondary N) is 1. The second kappa shape index (κ2) is 4.66. The zero-order valence-electron chi connectivity index (χ0n) is 9.53. The number of carboxylic acid groups (broad SMARTS) is 1. The lowest BCUT2D eigenvalue weighted by atomic mass is 10.0. The first kappa shape index (κ1) is 12.4. The largest absolute Gasteiger partial charge is 0.478 e. The van der Waals surface area contributed by atoms with Crippen molar-refractivity contribution in [3.05, 3.63) is 57.0 Å². The third kappa shape index (κ3) is 2.43. The maximum Gasteiger partial charge on any atom is 0.336 e. The molecule has 0 saturated heterocycles. The van der Waals surface area contributed by atoms with Crippen molar-refractivity contribution in [2.24, 2.45) is 0 Å². The van der Waals surface area contributed by atoms with Crippen LogP contribution in [-0.4, -0.2) is 16.1 Å². The summed E-state index contributed by atoms with van der Waals surface area (Å²) in [5.41, 5.74) is 1.52. The Morgan fingerprint density at radius 1 is 1.28 bits per heavy atom. The van der Waals surface area contributed by atoms with Gasteiger partial charge in [0.05, 0.1) is 5.56 Å². The minimum Gasteiger partial charge on any atom is -0.478 e. The highest BCUT2D eigenvalue weighted by atomic mass is 35.5. The van der Waals surface area contributed by atoms with Crippen molar-refractivity contribution in [2.45, 2.75) is 6.92 Å². The third-order valence-electron chi connectivity index (χ3n) is 2.51. The number of hydrogen-bond donors (Lipinski definition) is 2. The van der Waals surface area contributed by atoms with E-state index < -0.39 is 11.5 Å². The van der Waals surface area contributed by atoms with Crippen molar-refractivity contribution in [3.63, 3.8) is 0 Å². The minimum atomic E-state index is -1.14. The van der Waals surface area contributed by atoms with Crippen molar-refractivity contribution in [1.29, 1.82) is 0 Å². The monoisotopic (exact) mass is 263 g/mol. The van der Waals surface area contributed by atoms with Gasteiger partial charge >= 0.3 is 5.97 Å². The van der Waals surface area contributed by atoms with Gasteiger partial charge in [0.25, 0.3) is 0 Å². The predicted octanol–water partition coefficient (Wildman–Crippen LogP) is 2.70. The zero-order chi connectivity index (χ0) is 13.3. The van der Waals surface area contributed by atoms with E-state index in [1.54, 1.807) is 12.1 Å². The van der Waals surface area contributed by atoms with Crippen molar-refractivity contribution in [2.75, 3.05) is 0 Å². The molecule has 5 heteroatoms. The Morgan fingerprint density at radius 2 is 2.00 bits per heavy atom. The van der Waals surface area contributed by atoms with E-state index in [2.05, 4.69) is 4.98 Å². The molecule has 92 valence electrons. The second-order valence-electron chi connectivity index (χ2n) is 3.95. The Morgan fingerprint density at radius 3 is 2.61 bits per heavy atom. The van der Waals surface area contributed by atoms with E-state index in [1.807, 2.05) is 13.0 Å². The number of rotatable bonds is 2. The van der Waals surface area contributed by atoms with E-state index in [9.17, 15) is 9.59 Å². The fourth-order valence-corrected chi connectivity index (χ4v) is 2.07. The van der Waals surface area contributed by atoms with E-state index in [0.717, 1.165) is 11.6 Å². The summed E-state index contributed by atoms with van der Waals surface area (Å²) in [6, 6.07) is 6.31. The number of aromatic carboxylic acids is 1. The lowest BCUT2D eigenvalue weighted by Crippen LogP contribution is -2.10. The van der Waals surface area contributed by atoms with Crippen LogP contribution in [0.15, 0.2) is 35.3 Å². The number of pyridine rings is 1. The number of H-pyrrole nitrogens is 1. The van der Waals surface area contributed by atoms with Gasteiger partial charge in [-0.25, -0.2) is 4.79 Å². The van der Waals surface area contributed by atoms with Crippen LogP contribution in [0.5, 0.6) is 0 Å². The van der Waals surface area contributed by atoms with Gasteiger partial charge in [0.2, 0.25) is 5.56 Å². The summed E-state index contributed by atoms with van der Waals surface area (Å²) in [4.78, 5) is 24.8. The van der Waals surface area contributed by atoms with Gasteiger partial charge in [0.1, 0.15) is 0 Å². The quantitative estimate of drug-likeness (QED) is 0.875.